The third kappa shape index (κ3) is 2.55. The Hall–Kier alpha value is -2.18. The molecule has 96 valence electrons. The molecule has 0 saturated heterocycles. The topological polar surface area (TPSA) is 94.5 Å². The Bertz CT molecular complexity index is 538. The molecular weight excluding hydrogens is 230 g/mol. The summed E-state index contributed by atoms with van der Waals surface area (Å²) >= 11 is 0. The van der Waals surface area contributed by atoms with Crippen LogP contribution in [0.3, 0.4) is 0 Å². The van der Waals surface area contributed by atoms with Crippen LogP contribution in [0.2, 0.25) is 0 Å². The van der Waals surface area contributed by atoms with E-state index in [-0.39, 0.29) is 12.0 Å². The Morgan fingerprint density at radius 3 is 2.33 bits per heavy atom. The van der Waals surface area contributed by atoms with Gasteiger partial charge in [0.2, 0.25) is 11.9 Å². The van der Waals surface area contributed by atoms with Gasteiger partial charge in [0.25, 0.3) is 5.95 Å². The van der Waals surface area contributed by atoms with Crippen LogP contribution in [0.15, 0.2) is 6.07 Å². The number of nitrogen functional groups attached to an aromatic ring is 1. The van der Waals surface area contributed by atoms with Gasteiger partial charge in [-0.05, 0) is 33.8 Å². The molecule has 0 radical (unpaired) electrons. The van der Waals surface area contributed by atoms with Crippen molar-refractivity contribution < 1.29 is 0 Å². The van der Waals surface area contributed by atoms with Crippen LogP contribution >= 0.6 is 0 Å². The fourth-order valence-corrected chi connectivity index (χ4v) is 1.59. The molecule has 0 fully saturated rings. The van der Waals surface area contributed by atoms with Crippen molar-refractivity contribution in [2.45, 2.75) is 33.7 Å². The quantitative estimate of drug-likeness (QED) is 0.842. The van der Waals surface area contributed by atoms with Crippen LogP contribution in [0.1, 0.15) is 25.2 Å². The molecule has 0 atom stereocenters. The second kappa shape index (κ2) is 4.59. The monoisotopic (exact) mass is 247 g/mol. The molecule has 0 unspecified atom stereocenters. The molecule has 0 aliphatic heterocycles. The lowest BCUT2D eigenvalue weighted by Gasteiger charge is -2.04. The van der Waals surface area contributed by atoms with Crippen LogP contribution in [-0.4, -0.2) is 30.8 Å². The lowest BCUT2D eigenvalue weighted by atomic mass is 10.4. The highest BCUT2D eigenvalue weighted by molar-refractivity contribution is 5.36. The third-order valence-corrected chi connectivity index (χ3v) is 2.21. The average Bonchev–Trinajstić information content (AvgIpc) is 2.56. The van der Waals surface area contributed by atoms with E-state index >= 15 is 0 Å². The molecular formula is C11H17N7. The lowest BCUT2D eigenvalue weighted by molar-refractivity contribution is 0.793. The van der Waals surface area contributed by atoms with Crippen molar-refractivity contribution in [2.24, 2.45) is 0 Å². The molecule has 0 aromatic carbocycles. The minimum absolute atomic E-state index is 0.236. The summed E-state index contributed by atoms with van der Waals surface area (Å²) < 4.78 is 1.44. The first-order chi connectivity index (χ1) is 8.45. The van der Waals surface area contributed by atoms with E-state index in [0.717, 1.165) is 11.4 Å². The molecule has 18 heavy (non-hydrogen) atoms. The summed E-state index contributed by atoms with van der Waals surface area (Å²) in [5.41, 5.74) is 7.55. The second-order valence-electron chi connectivity index (χ2n) is 4.46. The van der Waals surface area contributed by atoms with Crippen LogP contribution in [0.4, 0.5) is 11.9 Å². The fourth-order valence-electron chi connectivity index (χ4n) is 1.59. The number of nitrogens with one attached hydrogen (secondary N) is 1. The van der Waals surface area contributed by atoms with Crippen LogP contribution < -0.4 is 11.1 Å². The van der Waals surface area contributed by atoms with Crippen molar-refractivity contribution in [2.75, 3.05) is 11.1 Å². The van der Waals surface area contributed by atoms with Crippen molar-refractivity contribution in [3.63, 3.8) is 0 Å². The molecule has 7 nitrogen and oxygen atoms in total. The number of hydrogen-bond acceptors (Lipinski definition) is 6. The minimum Gasteiger partial charge on any atom is -0.368 e. The van der Waals surface area contributed by atoms with E-state index in [0.29, 0.717) is 11.9 Å². The van der Waals surface area contributed by atoms with Crippen molar-refractivity contribution in [1.29, 1.82) is 0 Å². The standard InChI is InChI=1S/C11H17N7/c1-6(2)13-10-16-9(12)18(17-10)11-14-7(3)5-8(4)15-11/h5-6H,1-4H3,(H3,12,13,16,17). The number of nitrogens with zero attached hydrogens (tertiary/aromatic N) is 5. The zero-order chi connectivity index (χ0) is 13.3. The highest BCUT2D eigenvalue weighted by atomic mass is 15.5. The predicted octanol–water partition coefficient (Wildman–Crippen LogP) is 1.08. The summed E-state index contributed by atoms with van der Waals surface area (Å²) in [6, 6.07) is 2.13. The molecule has 2 rings (SSSR count). The maximum atomic E-state index is 5.82. The molecule has 0 aliphatic carbocycles. The summed E-state index contributed by atoms with van der Waals surface area (Å²) in [6.07, 6.45) is 0. The first kappa shape index (κ1) is 12.3. The van der Waals surface area contributed by atoms with Crippen molar-refractivity contribution in [3.8, 4) is 5.95 Å². The van der Waals surface area contributed by atoms with Crippen LogP contribution in [0.5, 0.6) is 0 Å². The summed E-state index contributed by atoms with van der Waals surface area (Å²) in [5, 5.41) is 7.33. The lowest BCUT2D eigenvalue weighted by Crippen LogP contribution is -2.12. The number of hydrogen-bond donors (Lipinski definition) is 2. The van der Waals surface area contributed by atoms with Gasteiger partial charge in [-0.15, -0.1) is 5.10 Å². The third-order valence-electron chi connectivity index (χ3n) is 2.21. The first-order valence-electron chi connectivity index (χ1n) is 5.77. The van der Waals surface area contributed by atoms with Gasteiger partial charge in [0, 0.05) is 17.4 Å². The Balaban J connectivity index is 2.41. The van der Waals surface area contributed by atoms with Gasteiger partial charge in [-0.1, -0.05) is 0 Å². The van der Waals surface area contributed by atoms with Crippen LogP contribution in [0.25, 0.3) is 5.95 Å². The minimum atomic E-state index is 0.236. The van der Waals surface area contributed by atoms with E-state index in [9.17, 15) is 0 Å². The van der Waals surface area contributed by atoms with Gasteiger partial charge in [-0.3, -0.25) is 0 Å². The number of aryl methyl sites for hydroxylation is 2. The van der Waals surface area contributed by atoms with Gasteiger partial charge in [-0.25, -0.2) is 9.97 Å². The van der Waals surface area contributed by atoms with Gasteiger partial charge in [0.15, 0.2) is 0 Å². The molecule has 2 aromatic rings. The molecule has 7 heteroatoms. The summed E-state index contributed by atoms with van der Waals surface area (Å²) in [4.78, 5) is 12.7. The molecule has 2 heterocycles. The number of rotatable bonds is 3. The second-order valence-corrected chi connectivity index (χ2v) is 4.46. The van der Waals surface area contributed by atoms with Gasteiger partial charge >= 0.3 is 0 Å². The van der Waals surface area contributed by atoms with E-state index in [1.54, 1.807) is 0 Å². The first-order valence-corrected chi connectivity index (χ1v) is 5.77. The zero-order valence-electron chi connectivity index (χ0n) is 11.0. The molecule has 3 N–H and O–H groups in total. The Morgan fingerprint density at radius 2 is 1.78 bits per heavy atom. The zero-order valence-corrected chi connectivity index (χ0v) is 11.0. The van der Waals surface area contributed by atoms with E-state index in [1.165, 1.54) is 4.68 Å². The van der Waals surface area contributed by atoms with Gasteiger partial charge < -0.3 is 11.1 Å². The van der Waals surface area contributed by atoms with E-state index in [4.69, 9.17) is 5.73 Å². The summed E-state index contributed by atoms with van der Waals surface area (Å²) in [5.74, 6) is 1.18. The van der Waals surface area contributed by atoms with E-state index < -0.39 is 0 Å². The maximum absolute atomic E-state index is 5.82. The van der Waals surface area contributed by atoms with E-state index in [2.05, 4.69) is 25.4 Å². The predicted molar refractivity (Wildman–Crippen MR) is 69.6 cm³/mol. The maximum Gasteiger partial charge on any atom is 0.254 e. The Morgan fingerprint density at radius 1 is 1.17 bits per heavy atom. The van der Waals surface area contributed by atoms with Crippen molar-refractivity contribution in [1.82, 2.24) is 24.7 Å². The molecule has 2 aromatic heterocycles. The largest absolute Gasteiger partial charge is 0.368 e. The SMILES string of the molecule is Cc1cc(C)nc(-n2nc(NC(C)C)nc2N)n1. The summed E-state index contributed by atoms with van der Waals surface area (Å²) in [7, 11) is 0. The van der Waals surface area contributed by atoms with Crippen LogP contribution in [0, 0.1) is 13.8 Å². The van der Waals surface area contributed by atoms with Crippen molar-refractivity contribution in [3.05, 3.63) is 17.5 Å². The molecule has 0 bridgehead atoms. The highest BCUT2D eigenvalue weighted by Crippen LogP contribution is 2.11. The Labute approximate surface area is 105 Å². The average molecular weight is 247 g/mol. The van der Waals surface area contributed by atoms with E-state index in [1.807, 2.05) is 33.8 Å². The van der Waals surface area contributed by atoms with Gasteiger partial charge in [-0.2, -0.15) is 9.67 Å². The number of anilines is 2. The van der Waals surface area contributed by atoms with Crippen molar-refractivity contribution >= 4 is 11.9 Å². The number of nitrogens with two attached hydrogens (primary N) is 1. The smallest absolute Gasteiger partial charge is 0.254 e. The fraction of sp³-hybridized carbons (Fsp3) is 0.455. The Kier molecular flexibility index (Phi) is 3.14. The summed E-state index contributed by atoms with van der Waals surface area (Å²) in [6.45, 7) is 7.81. The highest BCUT2D eigenvalue weighted by Gasteiger charge is 2.12. The van der Waals surface area contributed by atoms with Crippen LogP contribution in [-0.2, 0) is 0 Å². The van der Waals surface area contributed by atoms with Gasteiger partial charge in [0.05, 0.1) is 0 Å². The number of aromatic nitrogens is 5. The molecule has 0 aliphatic rings. The molecule has 0 amide bonds. The van der Waals surface area contributed by atoms with Gasteiger partial charge in [0.1, 0.15) is 0 Å². The molecule has 0 saturated carbocycles. The molecule has 0 spiro atoms. The normalized spacial score (nSPS) is 10.9.